The highest BCUT2D eigenvalue weighted by molar-refractivity contribution is 6.74. The Kier molecular flexibility index (Phi) is 2.89. The molecule has 0 bridgehead atoms. The number of oxazole rings is 1. The molecule has 1 aromatic heterocycles. The summed E-state index contributed by atoms with van der Waals surface area (Å²) in [5.41, 5.74) is 1.23. The van der Waals surface area contributed by atoms with Gasteiger partial charge in [-0.1, -0.05) is 20.8 Å². The third-order valence-corrected chi connectivity index (χ3v) is 7.93. The molecule has 0 saturated heterocycles. The second-order valence-electron chi connectivity index (χ2n) is 6.03. The highest BCUT2D eigenvalue weighted by Gasteiger charge is 2.38. The standard InChI is InChI=1S/C13H19NO3Si/c1-13(2,3)18(4,5)17-9-6-7-11-10(8-9)14-12(15)16-11/h6-8H,1-5H3,(H,14,15). The monoisotopic (exact) mass is 265 g/mol. The maximum absolute atomic E-state index is 11.1. The smallest absolute Gasteiger partial charge is 0.417 e. The Morgan fingerprint density at radius 3 is 2.56 bits per heavy atom. The van der Waals surface area contributed by atoms with E-state index in [4.69, 9.17) is 8.84 Å². The van der Waals surface area contributed by atoms with Crippen molar-refractivity contribution in [2.24, 2.45) is 0 Å². The van der Waals surface area contributed by atoms with Gasteiger partial charge in [0.1, 0.15) is 5.75 Å². The number of fused-ring (bicyclic) bond motifs is 1. The molecular formula is C13H19NO3Si. The van der Waals surface area contributed by atoms with Crippen molar-refractivity contribution in [3.05, 3.63) is 28.7 Å². The molecule has 0 spiro atoms. The van der Waals surface area contributed by atoms with Crippen molar-refractivity contribution in [3.63, 3.8) is 0 Å². The van der Waals surface area contributed by atoms with Crippen molar-refractivity contribution in [1.82, 2.24) is 4.98 Å². The third-order valence-electron chi connectivity index (χ3n) is 3.57. The number of H-pyrrole nitrogens is 1. The van der Waals surface area contributed by atoms with Crippen LogP contribution in [0.15, 0.2) is 27.4 Å². The number of hydrogen-bond donors (Lipinski definition) is 1. The van der Waals surface area contributed by atoms with Crippen LogP contribution in [0.3, 0.4) is 0 Å². The first-order valence-corrected chi connectivity index (χ1v) is 8.92. The van der Waals surface area contributed by atoms with Crippen molar-refractivity contribution in [2.75, 3.05) is 0 Å². The van der Waals surface area contributed by atoms with Crippen molar-refractivity contribution >= 4 is 19.4 Å². The number of rotatable bonds is 2. The highest BCUT2D eigenvalue weighted by Crippen LogP contribution is 2.37. The van der Waals surface area contributed by atoms with Crippen LogP contribution in [0.4, 0.5) is 0 Å². The SMILES string of the molecule is CC(C)(C)[Si](C)(C)Oc1ccc2oc(=O)[nH]c2c1. The van der Waals surface area contributed by atoms with Crippen LogP contribution >= 0.6 is 0 Å². The summed E-state index contributed by atoms with van der Waals surface area (Å²) in [5, 5.41) is 0.145. The average molecular weight is 265 g/mol. The van der Waals surface area contributed by atoms with Crippen LogP contribution in [0, 0.1) is 0 Å². The second kappa shape index (κ2) is 4.02. The van der Waals surface area contributed by atoms with E-state index >= 15 is 0 Å². The minimum Gasteiger partial charge on any atom is -0.543 e. The summed E-state index contributed by atoms with van der Waals surface area (Å²) in [6.45, 7) is 11.0. The fourth-order valence-corrected chi connectivity index (χ4v) is 2.46. The molecule has 0 radical (unpaired) electrons. The van der Waals surface area contributed by atoms with E-state index in [2.05, 4.69) is 38.8 Å². The van der Waals surface area contributed by atoms with E-state index in [-0.39, 0.29) is 5.04 Å². The molecule has 1 aromatic carbocycles. The van der Waals surface area contributed by atoms with Crippen molar-refractivity contribution < 1.29 is 8.84 Å². The van der Waals surface area contributed by atoms with E-state index in [1.807, 2.05) is 12.1 Å². The van der Waals surface area contributed by atoms with Gasteiger partial charge in [0.05, 0.1) is 5.52 Å². The van der Waals surface area contributed by atoms with E-state index in [9.17, 15) is 4.79 Å². The Bertz CT molecular complexity index is 619. The predicted octanol–water partition coefficient (Wildman–Crippen LogP) is 3.51. The quantitative estimate of drug-likeness (QED) is 0.845. The van der Waals surface area contributed by atoms with Crippen LogP contribution in [-0.2, 0) is 0 Å². The van der Waals surface area contributed by atoms with Gasteiger partial charge in [0.2, 0.25) is 8.32 Å². The molecule has 4 nitrogen and oxygen atoms in total. The molecule has 0 atom stereocenters. The largest absolute Gasteiger partial charge is 0.543 e. The minimum absolute atomic E-state index is 0.145. The lowest BCUT2D eigenvalue weighted by Crippen LogP contribution is -2.43. The van der Waals surface area contributed by atoms with Crippen LogP contribution in [0.2, 0.25) is 18.1 Å². The zero-order valence-electron chi connectivity index (χ0n) is 11.5. The Labute approximate surface area is 107 Å². The van der Waals surface area contributed by atoms with Crippen LogP contribution in [0.25, 0.3) is 11.1 Å². The van der Waals surface area contributed by atoms with Crippen LogP contribution < -0.4 is 10.2 Å². The van der Waals surface area contributed by atoms with Crippen LogP contribution in [0.1, 0.15) is 20.8 Å². The van der Waals surface area contributed by atoms with Gasteiger partial charge in [-0.3, -0.25) is 4.98 Å². The summed E-state index contributed by atoms with van der Waals surface area (Å²) in [4.78, 5) is 13.7. The number of aromatic amines is 1. The number of nitrogens with one attached hydrogen (secondary N) is 1. The minimum atomic E-state index is -1.85. The predicted molar refractivity (Wildman–Crippen MR) is 74.7 cm³/mol. The van der Waals surface area contributed by atoms with E-state index in [0.29, 0.717) is 11.1 Å². The maximum atomic E-state index is 11.1. The highest BCUT2D eigenvalue weighted by atomic mass is 28.4. The van der Waals surface area contributed by atoms with E-state index in [1.165, 1.54) is 0 Å². The molecule has 1 N–H and O–H groups in total. The topological polar surface area (TPSA) is 55.2 Å². The molecule has 0 aliphatic carbocycles. The lowest BCUT2D eigenvalue weighted by Gasteiger charge is -2.36. The van der Waals surface area contributed by atoms with Gasteiger partial charge < -0.3 is 8.84 Å². The first kappa shape index (κ1) is 13.0. The number of hydrogen-bond acceptors (Lipinski definition) is 3. The first-order valence-electron chi connectivity index (χ1n) is 6.01. The van der Waals surface area contributed by atoms with Gasteiger partial charge in [-0.05, 0) is 30.3 Å². The van der Waals surface area contributed by atoms with Gasteiger partial charge in [-0.15, -0.1) is 0 Å². The zero-order valence-corrected chi connectivity index (χ0v) is 12.5. The molecule has 0 amide bonds. The second-order valence-corrected chi connectivity index (χ2v) is 10.8. The molecule has 0 aliphatic heterocycles. The van der Waals surface area contributed by atoms with Gasteiger partial charge in [0, 0.05) is 6.07 Å². The van der Waals surface area contributed by atoms with Crippen LogP contribution in [-0.4, -0.2) is 13.3 Å². The Morgan fingerprint density at radius 2 is 1.94 bits per heavy atom. The summed E-state index contributed by atoms with van der Waals surface area (Å²) in [6.07, 6.45) is 0. The molecule has 1 heterocycles. The zero-order chi connectivity index (χ0) is 13.6. The molecule has 0 fully saturated rings. The van der Waals surface area contributed by atoms with Crippen molar-refractivity contribution in [1.29, 1.82) is 0 Å². The van der Waals surface area contributed by atoms with E-state index in [0.717, 1.165) is 5.75 Å². The van der Waals surface area contributed by atoms with E-state index in [1.54, 1.807) is 6.07 Å². The lowest BCUT2D eigenvalue weighted by atomic mass is 10.2. The molecule has 0 saturated carbocycles. The molecule has 0 aliphatic rings. The summed E-state index contributed by atoms with van der Waals surface area (Å²) in [6, 6.07) is 5.43. The van der Waals surface area contributed by atoms with Gasteiger partial charge in [-0.2, -0.15) is 0 Å². The van der Waals surface area contributed by atoms with Gasteiger partial charge >= 0.3 is 5.76 Å². The first-order chi connectivity index (χ1) is 8.19. The van der Waals surface area contributed by atoms with Gasteiger partial charge in [-0.25, -0.2) is 4.79 Å². The van der Waals surface area contributed by atoms with Gasteiger partial charge in [0.15, 0.2) is 5.58 Å². The van der Waals surface area contributed by atoms with Crippen molar-refractivity contribution in [2.45, 2.75) is 38.9 Å². The van der Waals surface area contributed by atoms with Crippen molar-refractivity contribution in [3.8, 4) is 5.75 Å². The normalized spacial score (nSPS) is 12.9. The molecule has 2 rings (SSSR count). The Morgan fingerprint density at radius 1 is 1.28 bits per heavy atom. The summed E-state index contributed by atoms with van der Waals surface area (Å²) < 4.78 is 11.1. The van der Waals surface area contributed by atoms with Crippen LogP contribution in [0.5, 0.6) is 5.75 Å². The molecule has 18 heavy (non-hydrogen) atoms. The third kappa shape index (κ3) is 2.36. The fourth-order valence-electron chi connectivity index (χ4n) is 1.44. The summed E-state index contributed by atoms with van der Waals surface area (Å²) >= 11 is 0. The molecule has 5 heteroatoms. The lowest BCUT2D eigenvalue weighted by molar-refractivity contribution is 0.492. The van der Waals surface area contributed by atoms with Gasteiger partial charge in [0.25, 0.3) is 0 Å². The maximum Gasteiger partial charge on any atom is 0.417 e. The molecular weight excluding hydrogens is 246 g/mol. The molecule has 98 valence electrons. The number of aromatic nitrogens is 1. The number of benzene rings is 1. The van der Waals surface area contributed by atoms with E-state index < -0.39 is 14.1 Å². The molecule has 2 aromatic rings. The summed E-state index contributed by atoms with van der Waals surface area (Å²) in [7, 11) is -1.85. The Hall–Kier alpha value is -1.49. The fraction of sp³-hybridized carbons (Fsp3) is 0.462. The average Bonchev–Trinajstić information content (AvgIpc) is 2.54. The Balaban J connectivity index is 2.35. The summed E-state index contributed by atoms with van der Waals surface area (Å²) in [5.74, 6) is 0.348. The molecule has 0 unspecified atom stereocenters.